The van der Waals surface area contributed by atoms with Gasteiger partial charge >= 0.3 is 0 Å². The molecule has 0 aliphatic rings. The number of nitrogens with one attached hydrogen (secondary N) is 1. The first-order chi connectivity index (χ1) is 12.7. The first kappa shape index (κ1) is 16.0. The van der Waals surface area contributed by atoms with Gasteiger partial charge in [0.2, 0.25) is 0 Å². The Balaban J connectivity index is 1.68. The number of carbonyl (C=O) groups excluding carboxylic acids is 1. The maximum absolute atomic E-state index is 12.1. The number of imidazole rings is 1. The third kappa shape index (κ3) is 2.82. The van der Waals surface area contributed by atoms with E-state index in [1.54, 1.807) is 19.2 Å². The molecule has 1 aromatic carbocycles. The molecular weight excluding hydrogens is 330 g/mol. The van der Waals surface area contributed by atoms with Gasteiger partial charge in [-0.3, -0.25) is 4.79 Å². The van der Waals surface area contributed by atoms with Crippen molar-refractivity contribution < 1.29 is 13.9 Å². The predicted molar refractivity (Wildman–Crippen MR) is 98.6 cm³/mol. The Morgan fingerprint density at radius 2 is 1.96 bits per heavy atom. The SMILES string of the molecule is COc1ccc(-c2nc3ccc(NC(=O)c4ccco4)cn3c2C)cc1. The number of aromatic nitrogens is 2. The molecule has 26 heavy (non-hydrogen) atoms. The van der Waals surface area contributed by atoms with Gasteiger partial charge in [-0.05, 0) is 55.5 Å². The second-order valence-corrected chi connectivity index (χ2v) is 5.85. The minimum atomic E-state index is -0.289. The number of furan rings is 1. The Labute approximate surface area is 150 Å². The zero-order valence-corrected chi connectivity index (χ0v) is 14.4. The van der Waals surface area contributed by atoms with Crippen LogP contribution in [0.1, 0.15) is 16.2 Å². The van der Waals surface area contributed by atoms with Crippen LogP contribution in [-0.4, -0.2) is 22.4 Å². The molecule has 0 bridgehead atoms. The van der Waals surface area contributed by atoms with Crippen LogP contribution in [0.5, 0.6) is 5.75 Å². The number of pyridine rings is 1. The van der Waals surface area contributed by atoms with Gasteiger partial charge in [-0.15, -0.1) is 0 Å². The van der Waals surface area contributed by atoms with Crippen molar-refractivity contribution in [3.8, 4) is 17.0 Å². The molecule has 3 heterocycles. The molecule has 4 aromatic rings. The molecule has 0 fully saturated rings. The molecule has 6 nitrogen and oxygen atoms in total. The molecule has 1 N–H and O–H groups in total. The van der Waals surface area contributed by atoms with Crippen molar-refractivity contribution in [2.75, 3.05) is 12.4 Å². The highest BCUT2D eigenvalue weighted by molar-refractivity contribution is 6.02. The van der Waals surface area contributed by atoms with Crippen molar-refractivity contribution in [3.05, 3.63) is 72.4 Å². The normalized spacial score (nSPS) is 10.8. The number of rotatable bonds is 4. The van der Waals surface area contributed by atoms with Crippen molar-refractivity contribution in [1.82, 2.24) is 9.38 Å². The van der Waals surface area contributed by atoms with Crippen LogP contribution < -0.4 is 10.1 Å². The van der Waals surface area contributed by atoms with Crippen molar-refractivity contribution in [1.29, 1.82) is 0 Å². The molecule has 1 amide bonds. The van der Waals surface area contributed by atoms with Crippen LogP contribution in [0.3, 0.4) is 0 Å². The molecule has 0 aliphatic carbocycles. The van der Waals surface area contributed by atoms with Gasteiger partial charge in [-0.1, -0.05) is 0 Å². The maximum Gasteiger partial charge on any atom is 0.291 e. The van der Waals surface area contributed by atoms with E-state index in [-0.39, 0.29) is 11.7 Å². The van der Waals surface area contributed by atoms with Crippen LogP contribution in [0, 0.1) is 6.92 Å². The predicted octanol–water partition coefficient (Wildman–Crippen LogP) is 4.16. The molecule has 130 valence electrons. The van der Waals surface area contributed by atoms with E-state index in [1.165, 1.54) is 6.26 Å². The Kier molecular flexibility index (Phi) is 3.93. The van der Waals surface area contributed by atoms with E-state index >= 15 is 0 Å². The first-order valence-corrected chi connectivity index (χ1v) is 8.14. The second kappa shape index (κ2) is 6.40. The number of hydrogen-bond acceptors (Lipinski definition) is 4. The zero-order valence-electron chi connectivity index (χ0n) is 14.4. The smallest absolute Gasteiger partial charge is 0.291 e. The van der Waals surface area contributed by atoms with E-state index in [0.29, 0.717) is 5.69 Å². The van der Waals surface area contributed by atoms with Gasteiger partial charge in [0, 0.05) is 17.5 Å². The fourth-order valence-electron chi connectivity index (χ4n) is 2.86. The van der Waals surface area contributed by atoms with Gasteiger partial charge in [0.15, 0.2) is 5.76 Å². The minimum absolute atomic E-state index is 0.270. The number of methoxy groups -OCH3 is 1. The highest BCUT2D eigenvalue weighted by Gasteiger charge is 2.13. The number of aryl methyl sites for hydroxylation is 1. The maximum atomic E-state index is 12.1. The number of fused-ring (bicyclic) bond motifs is 1. The third-order valence-corrected chi connectivity index (χ3v) is 4.22. The van der Waals surface area contributed by atoms with E-state index in [2.05, 4.69) is 5.32 Å². The number of carbonyl (C=O) groups is 1. The van der Waals surface area contributed by atoms with Gasteiger partial charge in [0.1, 0.15) is 11.4 Å². The molecule has 0 spiro atoms. The lowest BCUT2D eigenvalue weighted by Gasteiger charge is -2.05. The lowest BCUT2D eigenvalue weighted by Crippen LogP contribution is -2.11. The molecule has 0 radical (unpaired) electrons. The van der Waals surface area contributed by atoms with Crippen LogP contribution >= 0.6 is 0 Å². The first-order valence-electron chi connectivity index (χ1n) is 8.14. The van der Waals surface area contributed by atoms with Gasteiger partial charge < -0.3 is 18.9 Å². The average Bonchev–Trinajstić information content (AvgIpc) is 3.31. The molecule has 0 saturated carbocycles. The van der Waals surface area contributed by atoms with Gasteiger partial charge in [-0.25, -0.2) is 4.98 Å². The quantitative estimate of drug-likeness (QED) is 0.602. The van der Waals surface area contributed by atoms with Gasteiger partial charge in [0.25, 0.3) is 5.91 Å². The van der Waals surface area contributed by atoms with Crippen molar-refractivity contribution >= 4 is 17.2 Å². The highest BCUT2D eigenvalue weighted by Crippen LogP contribution is 2.26. The molecule has 0 aliphatic heterocycles. The number of nitrogens with zero attached hydrogens (tertiary/aromatic N) is 2. The third-order valence-electron chi connectivity index (χ3n) is 4.22. The largest absolute Gasteiger partial charge is 0.497 e. The average molecular weight is 347 g/mol. The van der Waals surface area contributed by atoms with E-state index in [1.807, 2.05) is 53.9 Å². The molecule has 0 unspecified atom stereocenters. The Morgan fingerprint density at radius 3 is 2.65 bits per heavy atom. The van der Waals surface area contributed by atoms with Crippen molar-refractivity contribution in [2.24, 2.45) is 0 Å². The van der Waals surface area contributed by atoms with Crippen LogP contribution in [0.15, 0.2) is 65.4 Å². The summed E-state index contributed by atoms with van der Waals surface area (Å²) in [5.74, 6) is 0.784. The Hall–Kier alpha value is -3.54. The number of ether oxygens (including phenoxy) is 1. The van der Waals surface area contributed by atoms with Crippen molar-refractivity contribution in [3.63, 3.8) is 0 Å². The number of amides is 1. The standard InChI is InChI=1S/C20H17N3O3/c1-13-19(14-5-8-16(25-2)9-6-14)22-18-10-7-15(12-23(13)18)21-20(24)17-4-3-11-26-17/h3-12H,1-2H3,(H,21,24). The topological polar surface area (TPSA) is 68.8 Å². The summed E-state index contributed by atoms with van der Waals surface area (Å²) in [6.07, 6.45) is 3.32. The Morgan fingerprint density at radius 1 is 1.15 bits per heavy atom. The summed E-state index contributed by atoms with van der Waals surface area (Å²) in [7, 11) is 1.64. The molecular formula is C20H17N3O3. The summed E-state index contributed by atoms with van der Waals surface area (Å²) < 4.78 is 12.3. The van der Waals surface area contributed by atoms with E-state index in [0.717, 1.165) is 28.3 Å². The van der Waals surface area contributed by atoms with E-state index < -0.39 is 0 Å². The molecule has 4 rings (SSSR count). The lowest BCUT2D eigenvalue weighted by molar-refractivity contribution is 0.0996. The van der Waals surface area contributed by atoms with Gasteiger partial charge in [0.05, 0.1) is 24.8 Å². The fraction of sp³-hybridized carbons (Fsp3) is 0.100. The van der Waals surface area contributed by atoms with Crippen molar-refractivity contribution in [2.45, 2.75) is 6.92 Å². The monoisotopic (exact) mass is 347 g/mol. The fourth-order valence-corrected chi connectivity index (χ4v) is 2.86. The summed E-state index contributed by atoms with van der Waals surface area (Å²) in [6.45, 7) is 2.00. The summed E-state index contributed by atoms with van der Waals surface area (Å²) in [4.78, 5) is 16.8. The number of anilines is 1. The Bertz CT molecular complexity index is 1060. The molecule has 3 aromatic heterocycles. The van der Waals surface area contributed by atoms with Crippen LogP contribution in [0.2, 0.25) is 0 Å². The zero-order chi connectivity index (χ0) is 18.1. The summed E-state index contributed by atoms with van der Waals surface area (Å²) in [5.41, 5.74) is 4.36. The second-order valence-electron chi connectivity index (χ2n) is 5.85. The lowest BCUT2D eigenvalue weighted by atomic mass is 10.1. The van der Waals surface area contributed by atoms with Gasteiger partial charge in [-0.2, -0.15) is 0 Å². The summed E-state index contributed by atoms with van der Waals surface area (Å²) in [5, 5.41) is 2.83. The van der Waals surface area contributed by atoms with Crippen LogP contribution in [0.4, 0.5) is 5.69 Å². The number of benzene rings is 1. The van der Waals surface area contributed by atoms with Crippen LogP contribution in [0.25, 0.3) is 16.9 Å². The highest BCUT2D eigenvalue weighted by atomic mass is 16.5. The minimum Gasteiger partial charge on any atom is -0.497 e. The van der Waals surface area contributed by atoms with E-state index in [9.17, 15) is 4.79 Å². The molecule has 0 atom stereocenters. The van der Waals surface area contributed by atoms with E-state index in [4.69, 9.17) is 14.1 Å². The summed E-state index contributed by atoms with van der Waals surface area (Å²) in [6, 6.07) is 14.8. The number of hydrogen-bond donors (Lipinski definition) is 1. The van der Waals surface area contributed by atoms with Crippen LogP contribution in [-0.2, 0) is 0 Å². The summed E-state index contributed by atoms with van der Waals surface area (Å²) >= 11 is 0. The molecule has 0 saturated heterocycles. The molecule has 6 heteroatoms.